The number of H-pyrrole nitrogens is 1. The van der Waals surface area contributed by atoms with Crippen LogP contribution in [0.3, 0.4) is 0 Å². The Bertz CT molecular complexity index is 1390. The number of alkyl halides is 3. The predicted molar refractivity (Wildman–Crippen MR) is 125 cm³/mol. The van der Waals surface area contributed by atoms with Crippen LogP contribution < -0.4 is 10.1 Å². The average Bonchev–Trinajstić information content (AvgIpc) is 3.49. The van der Waals surface area contributed by atoms with Crippen LogP contribution >= 0.6 is 11.6 Å². The number of ether oxygens (including phenoxy) is 1. The zero-order valence-corrected chi connectivity index (χ0v) is 19.3. The zero-order valence-electron chi connectivity index (χ0n) is 18.5. The van der Waals surface area contributed by atoms with E-state index in [1.54, 1.807) is 36.4 Å². The van der Waals surface area contributed by atoms with Crippen LogP contribution in [0.1, 0.15) is 18.4 Å². The number of hydrogen-bond donors (Lipinski definition) is 2. The molecule has 36 heavy (non-hydrogen) atoms. The number of pyridine rings is 1. The van der Waals surface area contributed by atoms with E-state index in [1.165, 1.54) is 12.3 Å². The first kappa shape index (κ1) is 23.7. The molecule has 2 aromatic heterocycles. The highest BCUT2D eigenvalue weighted by molar-refractivity contribution is 6.30. The molecule has 0 atom stereocenters. The van der Waals surface area contributed by atoms with Gasteiger partial charge in [-0.15, -0.1) is 10.2 Å². The van der Waals surface area contributed by atoms with E-state index in [0.29, 0.717) is 40.2 Å². The van der Waals surface area contributed by atoms with Crippen LogP contribution in [0.5, 0.6) is 5.88 Å². The molecule has 0 radical (unpaired) electrons. The quantitative estimate of drug-likeness (QED) is 0.351. The Morgan fingerprint density at radius 1 is 1.11 bits per heavy atom. The molecule has 1 amide bonds. The number of aromatic amines is 1. The van der Waals surface area contributed by atoms with Crippen molar-refractivity contribution >= 4 is 23.2 Å². The number of halogens is 4. The van der Waals surface area contributed by atoms with Crippen molar-refractivity contribution in [3.8, 4) is 28.4 Å². The normalized spacial score (nSPS) is 14.3. The summed E-state index contributed by atoms with van der Waals surface area (Å²) in [5, 5.41) is 17.6. The van der Waals surface area contributed by atoms with Gasteiger partial charge in [-0.05, 0) is 59.5 Å². The third kappa shape index (κ3) is 5.01. The molecule has 1 fully saturated rings. The molecule has 2 N–H and O–H groups in total. The maximum absolute atomic E-state index is 13.2. The molecule has 0 saturated heterocycles. The highest BCUT2D eigenvalue weighted by Crippen LogP contribution is 2.49. The van der Waals surface area contributed by atoms with E-state index < -0.39 is 18.2 Å². The van der Waals surface area contributed by atoms with E-state index in [1.807, 2.05) is 12.1 Å². The van der Waals surface area contributed by atoms with E-state index in [2.05, 4.69) is 35.7 Å². The number of tetrazole rings is 1. The topological polar surface area (TPSA) is 106 Å². The van der Waals surface area contributed by atoms with E-state index in [9.17, 15) is 18.0 Å². The van der Waals surface area contributed by atoms with Gasteiger partial charge < -0.3 is 10.1 Å². The van der Waals surface area contributed by atoms with Gasteiger partial charge in [0.1, 0.15) is 0 Å². The minimum atomic E-state index is -4.46. The Morgan fingerprint density at radius 2 is 1.94 bits per heavy atom. The molecule has 2 aromatic carbocycles. The number of carbonyl (C=O) groups is 1. The van der Waals surface area contributed by atoms with Crippen LogP contribution in [0.15, 0.2) is 60.8 Å². The molecule has 5 rings (SSSR count). The number of amides is 1. The molecule has 4 aromatic rings. The van der Waals surface area contributed by atoms with Crippen LogP contribution in [0.25, 0.3) is 22.5 Å². The summed E-state index contributed by atoms with van der Waals surface area (Å²) in [4.78, 5) is 17.2. The lowest BCUT2D eigenvalue weighted by molar-refractivity contribution is -0.154. The predicted octanol–water partition coefficient (Wildman–Crippen LogP) is 5.19. The van der Waals surface area contributed by atoms with Gasteiger partial charge in [0.05, 0.1) is 5.41 Å². The van der Waals surface area contributed by atoms with Gasteiger partial charge in [-0.25, -0.2) is 4.98 Å². The van der Waals surface area contributed by atoms with Gasteiger partial charge in [0.2, 0.25) is 17.6 Å². The molecule has 1 aliphatic carbocycles. The molecule has 12 heteroatoms. The van der Waals surface area contributed by atoms with E-state index in [0.717, 1.165) is 5.56 Å². The molecule has 0 aliphatic heterocycles. The monoisotopic (exact) mass is 514 g/mol. The maximum atomic E-state index is 13.2. The SMILES string of the molecule is O=C(Nc1ccc(-c2ccc(OCC(F)(F)F)nc2)c(-c2nn[nH]n2)c1)C1(c2cccc(Cl)c2)CC1. The highest BCUT2D eigenvalue weighted by atomic mass is 35.5. The average molecular weight is 515 g/mol. The van der Waals surface area contributed by atoms with Gasteiger partial charge in [-0.1, -0.05) is 29.8 Å². The van der Waals surface area contributed by atoms with Gasteiger partial charge in [0.15, 0.2) is 6.61 Å². The van der Waals surface area contributed by atoms with Crippen LogP contribution in [-0.4, -0.2) is 44.3 Å². The second kappa shape index (κ2) is 9.23. The first-order valence-corrected chi connectivity index (χ1v) is 11.2. The summed E-state index contributed by atoms with van der Waals surface area (Å²) in [5.74, 6) is -0.0318. The lowest BCUT2D eigenvalue weighted by atomic mass is 9.94. The number of hydrogen-bond acceptors (Lipinski definition) is 6. The molecule has 1 saturated carbocycles. The maximum Gasteiger partial charge on any atom is 0.422 e. The van der Waals surface area contributed by atoms with Crippen molar-refractivity contribution < 1.29 is 22.7 Å². The summed E-state index contributed by atoms with van der Waals surface area (Å²) < 4.78 is 41.9. The number of nitrogens with zero attached hydrogens (tertiary/aromatic N) is 4. The molecule has 1 aliphatic rings. The minimum Gasteiger partial charge on any atom is -0.468 e. The molecule has 184 valence electrons. The van der Waals surface area contributed by atoms with Crippen molar-refractivity contribution in [2.75, 3.05) is 11.9 Å². The molecular weight excluding hydrogens is 497 g/mol. The first-order chi connectivity index (χ1) is 17.2. The Hall–Kier alpha value is -3.99. The molecular formula is C24H18ClF3N6O2. The van der Waals surface area contributed by atoms with Crippen molar-refractivity contribution in [2.45, 2.75) is 24.4 Å². The van der Waals surface area contributed by atoms with Crippen molar-refractivity contribution in [1.82, 2.24) is 25.6 Å². The Kier molecular flexibility index (Phi) is 6.09. The number of aromatic nitrogens is 5. The lowest BCUT2D eigenvalue weighted by Gasteiger charge is -2.17. The second-order valence-electron chi connectivity index (χ2n) is 8.33. The standard InChI is InChI=1S/C24H18ClF3N6O2/c25-16-3-1-2-15(10-16)23(8-9-23)22(35)30-17-5-6-18(19(11-17)21-31-33-34-32-21)14-4-7-20(29-12-14)36-13-24(26,27)28/h1-7,10-12H,8-9,13H2,(H,30,35)(H,31,32,33,34). The van der Waals surface area contributed by atoms with Gasteiger partial charge in [-0.2, -0.15) is 18.4 Å². The van der Waals surface area contributed by atoms with E-state index >= 15 is 0 Å². The minimum absolute atomic E-state index is 0.149. The fourth-order valence-electron chi connectivity index (χ4n) is 3.92. The number of nitrogens with one attached hydrogen (secondary N) is 2. The summed E-state index contributed by atoms with van der Waals surface area (Å²) in [6.45, 7) is -1.43. The number of carbonyl (C=O) groups excluding carboxylic acids is 1. The van der Waals surface area contributed by atoms with Gasteiger partial charge in [0, 0.05) is 34.1 Å². The van der Waals surface area contributed by atoms with Crippen LogP contribution in [0, 0.1) is 0 Å². The smallest absolute Gasteiger partial charge is 0.422 e. The van der Waals surface area contributed by atoms with Crippen LogP contribution in [-0.2, 0) is 10.2 Å². The lowest BCUT2D eigenvalue weighted by Crippen LogP contribution is -2.27. The number of anilines is 1. The number of benzene rings is 2. The molecule has 2 heterocycles. The third-order valence-corrected chi connectivity index (χ3v) is 6.09. The second-order valence-corrected chi connectivity index (χ2v) is 8.77. The molecule has 0 unspecified atom stereocenters. The summed E-state index contributed by atoms with van der Waals surface area (Å²) in [5.41, 5.74) is 2.52. The molecule has 0 bridgehead atoms. The summed E-state index contributed by atoms with van der Waals surface area (Å²) >= 11 is 6.13. The summed E-state index contributed by atoms with van der Waals surface area (Å²) in [7, 11) is 0. The summed E-state index contributed by atoms with van der Waals surface area (Å²) in [6, 6.07) is 15.4. The fourth-order valence-corrected chi connectivity index (χ4v) is 4.11. The number of rotatable bonds is 7. The van der Waals surface area contributed by atoms with Crippen LogP contribution in [0.2, 0.25) is 5.02 Å². The Morgan fingerprint density at radius 3 is 2.58 bits per heavy atom. The first-order valence-electron chi connectivity index (χ1n) is 10.8. The fraction of sp³-hybridized carbons (Fsp3) is 0.208. The van der Waals surface area contributed by atoms with Crippen LogP contribution in [0.4, 0.5) is 18.9 Å². The van der Waals surface area contributed by atoms with Gasteiger partial charge in [-0.3, -0.25) is 4.79 Å². The van der Waals surface area contributed by atoms with E-state index in [-0.39, 0.29) is 17.6 Å². The summed E-state index contributed by atoms with van der Waals surface area (Å²) in [6.07, 6.45) is -1.65. The molecule has 8 nitrogen and oxygen atoms in total. The molecule has 0 spiro atoms. The Labute approximate surface area is 207 Å². The van der Waals surface area contributed by atoms with E-state index in [4.69, 9.17) is 11.6 Å². The van der Waals surface area contributed by atoms with Crippen molar-refractivity contribution in [3.05, 3.63) is 71.4 Å². The Balaban J connectivity index is 1.41. The van der Waals surface area contributed by atoms with Crippen molar-refractivity contribution in [2.24, 2.45) is 0 Å². The van der Waals surface area contributed by atoms with Gasteiger partial charge in [0.25, 0.3) is 0 Å². The third-order valence-electron chi connectivity index (χ3n) is 5.86. The zero-order chi connectivity index (χ0) is 25.3. The van der Waals surface area contributed by atoms with Crippen molar-refractivity contribution in [1.29, 1.82) is 0 Å². The highest BCUT2D eigenvalue weighted by Gasteiger charge is 2.51. The van der Waals surface area contributed by atoms with Gasteiger partial charge >= 0.3 is 6.18 Å². The van der Waals surface area contributed by atoms with Crippen molar-refractivity contribution in [3.63, 3.8) is 0 Å². The largest absolute Gasteiger partial charge is 0.468 e.